The van der Waals surface area contributed by atoms with Gasteiger partial charge in [0.05, 0.1) is 4.92 Å². The molecule has 0 aliphatic heterocycles. The first-order valence-corrected chi connectivity index (χ1v) is 6.18. The second-order valence-electron chi connectivity index (χ2n) is 4.79. The Balaban J connectivity index is 2.21. The third-order valence-electron chi connectivity index (χ3n) is 3.43. The number of ether oxygens (including phenoxy) is 1. The van der Waals surface area contributed by atoms with Gasteiger partial charge in [0.1, 0.15) is 11.9 Å². The highest BCUT2D eigenvalue weighted by Crippen LogP contribution is 2.33. The lowest BCUT2D eigenvalue weighted by atomic mass is 9.88. The SMILES string of the molecule is CC1CCCCC1Oc1cc(F)ccc1[N+](=O)[O-]. The lowest BCUT2D eigenvalue weighted by Crippen LogP contribution is -2.28. The maximum absolute atomic E-state index is 13.2. The molecule has 1 aromatic carbocycles. The van der Waals surface area contributed by atoms with Crippen LogP contribution in [0.1, 0.15) is 32.6 Å². The molecule has 1 fully saturated rings. The van der Waals surface area contributed by atoms with Crippen LogP contribution in [0.2, 0.25) is 0 Å². The molecule has 0 radical (unpaired) electrons. The van der Waals surface area contributed by atoms with Crippen molar-refractivity contribution in [2.45, 2.75) is 38.7 Å². The summed E-state index contributed by atoms with van der Waals surface area (Å²) in [7, 11) is 0. The van der Waals surface area contributed by atoms with Crippen molar-refractivity contribution in [2.24, 2.45) is 5.92 Å². The van der Waals surface area contributed by atoms with Crippen molar-refractivity contribution in [2.75, 3.05) is 0 Å². The van der Waals surface area contributed by atoms with Gasteiger partial charge < -0.3 is 4.74 Å². The predicted molar refractivity (Wildman–Crippen MR) is 65.1 cm³/mol. The van der Waals surface area contributed by atoms with E-state index in [4.69, 9.17) is 4.74 Å². The molecule has 2 atom stereocenters. The normalized spacial score (nSPS) is 23.7. The van der Waals surface area contributed by atoms with Gasteiger partial charge in [-0.05, 0) is 31.2 Å². The fraction of sp³-hybridized carbons (Fsp3) is 0.538. The van der Waals surface area contributed by atoms with Gasteiger partial charge in [-0.3, -0.25) is 10.1 Å². The topological polar surface area (TPSA) is 52.4 Å². The Morgan fingerprint density at radius 2 is 2.11 bits per heavy atom. The Bertz CT molecular complexity index is 450. The van der Waals surface area contributed by atoms with E-state index in [0.29, 0.717) is 5.92 Å². The largest absolute Gasteiger partial charge is 0.483 e. The van der Waals surface area contributed by atoms with Crippen LogP contribution in [-0.4, -0.2) is 11.0 Å². The fourth-order valence-electron chi connectivity index (χ4n) is 2.35. The van der Waals surface area contributed by atoms with E-state index in [2.05, 4.69) is 6.92 Å². The molecule has 0 amide bonds. The minimum Gasteiger partial charge on any atom is -0.483 e. The van der Waals surface area contributed by atoms with E-state index in [1.807, 2.05) is 0 Å². The van der Waals surface area contributed by atoms with Crippen LogP contribution in [0.5, 0.6) is 5.75 Å². The van der Waals surface area contributed by atoms with Gasteiger partial charge in [0.2, 0.25) is 0 Å². The van der Waals surface area contributed by atoms with Crippen LogP contribution in [0.15, 0.2) is 18.2 Å². The van der Waals surface area contributed by atoms with Crippen LogP contribution < -0.4 is 4.74 Å². The van der Waals surface area contributed by atoms with Crippen LogP contribution in [0.25, 0.3) is 0 Å². The number of nitro benzene ring substituents is 1. The first-order valence-electron chi connectivity index (χ1n) is 6.18. The molecule has 1 saturated carbocycles. The van der Waals surface area contributed by atoms with Crippen molar-refractivity contribution in [3.05, 3.63) is 34.1 Å². The average molecular weight is 253 g/mol. The number of nitrogens with zero attached hydrogens (tertiary/aromatic N) is 1. The Morgan fingerprint density at radius 3 is 2.78 bits per heavy atom. The van der Waals surface area contributed by atoms with Crippen molar-refractivity contribution in [3.8, 4) is 5.75 Å². The third kappa shape index (κ3) is 2.78. The van der Waals surface area contributed by atoms with Gasteiger partial charge in [-0.25, -0.2) is 4.39 Å². The van der Waals surface area contributed by atoms with Gasteiger partial charge in [-0.2, -0.15) is 0 Å². The van der Waals surface area contributed by atoms with Gasteiger partial charge in [-0.15, -0.1) is 0 Å². The summed E-state index contributed by atoms with van der Waals surface area (Å²) in [5.41, 5.74) is -0.172. The molecule has 98 valence electrons. The number of benzene rings is 1. The maximum Gasteiger partial charge on any atom is 0.311 e. The zero-order valence-corrected chi connectivity index (χ0v) is 10.3. The first-order chi connectivity index (χ1) is 8.58. The number of hydrogen-bond acceptors (Lipinski definition) is 3. The van der Waals surface area contributed by atoms with Gasteiger partial charge in [-0.1, -0.05) is 13.3 Å². The standard InChI is InChI=1S/C13H16FNO3/c1-9-4-2-3-5-12(9)18-13-8-10(14)6-7-11(13)15(16)17/h6-9,12H,2-5H2,1H3. The molecule has 0 saturated heterocycles. The van der Waals surface area contributed by atoms with Crippen molar-refractivity contribution < 1.29 is 14.1 Å². The lowest BCUT2D eigenvalue weighted by Gasteiger charge is -2.29. The van der Waals surface area contributed by atoms with E-state index in [-0.39, 0.29) is 17.5 Å². The van der Waals surface area contributed by atoms with Gasteiger partial charge >= 0.3 is 5.69 Å². The van der Waals surface area contributed by atoms with E-state index >= 15 is 0 Å². The minimum atomic E-state index is -0.539. The number of halogens is 1. The molecule has 1 aliphatic carbocycles. The summed E-state index contributed by atoms with van der Waals surface area (Å²) in [6, 6.07) is 3.33. The van der Waals surface area contributed by atoms with Crippen LogP contribution in [0.4, 0.5) is 10.1 Å². The minimum absolute atomic E-state index is 0.0405. The molecule has 0 bridgehead atoms. The van der Waals surface area contributed by atoms with Gasteiger partial charge in [0, 0.05) is 12.1 Å². The number of hydrogen-bond donors (Lipinski definition) is 0. The molecule has 1 aromatic rings. The summed E-state index contributed by atoms with van der Waals surface area (Å²) in [5.74, 6) is -0.126. The first kappa shape index (κ1) is 12.8. The lowest BCUT2D eigenvalue weighted by molar-refractivity contribution is -0.386. The third-order valence-corrected chi connectivity index (χ3v) is 3.43. The van der Waals surface area contributed by atoms with Crippen molar-refractivity contribution in [1.29, 1.82) is 0 Å². The summed E-state index contributed by atoms with van der Waals surface area (Å²) in [5, 5.41) is 10.9. The molecule has 0 N–H and O–H groups in total. The number of nitro groups is 1. The van der Waals surface area contributed by atoms with Crippen LogP contribution in [0.3, 0.4) is 0 Å². The Labute approximate surface area is 105 Å². The fourth-order valence-corrected chi connectivity index (χ4v) is 2.35. The van der Waals surface area contributed by atoms with Crippen molar-refractivity contribution >= 4 is 5.69 Å². The molecule has 5 heteroatoms. The Morgan fingerprint density at radius 1 is 1.39 bits per heavy atom. The summed E-state index contributed by atoms with van der Waals surface area (Å²) in [6.45, 7) is 2.06. The monoisotopic (exact) mass is 253 g/mol. The summed E-state index contributed by atoms with van der Waals surface area (Å²) >= 11 is 0. The molecule has 1 aliphatic rings. The molecule has 0 heterocycles. The second-order valence-corrected chi connectivity index (χ2v) is 4.79. The van der Waals surface area contributed by atoms with E-state index in [1.165, 1.54) is 0 Å². The highest BCUT2D eigenvalue weighted by molar-refractivity contribution is 5.46. The molecule has 4 nitrogen and oxygen atoms in total. The molecule has 2 unspecified atom stereocenters. The average Bonchev–Trinajstić information content (AvgIpc) is 2.32. The smallest absolute Gasteiger partial charge is 0.311 e. The van der Waals surface area contributed by atoms with E-state index in [0.717, 1.165) is 43.9 Å². The molecular weight excluding hydrogens is 237 g/mol. The van der Waals surface area contributed by atoms with Crippen molar-refractivity contribution in [1.82, 2.24) is 0 Å². The molecular formula is C13H16FNO3. The summed E-state index contributed by atoms with van der Waals surface area (Å²) < 4.78 is 18.8. The summed E-state index contributed by atoms with van der Waals surface area (Å²) in [4.78, 5) is 10.3. The van der Waals surface area contributed by atoms with Crippen LogP contribution in [0, 0.1) is 21.8 Å². The van der Waals surface area contributed by atoms with Crippen molar-refractivity contribution in [3.63, 3.8) is 0 Å². The quantitative estimate of drug-likeness (QED) is 0.609. The maximum atomic E-state index is 13.2. The summed E-state index contributed by atoms with van der Waals surface area (Å²) in [6.07, 6.45) is 4.08. The Hall–Kier alpha value is -1.65. The highest BCUT2D eigenvalue weighted by atomic mass is 19.1. The van der Waals surface area contributed by atoms with E-state index in [1.54, 1.807) is 0 Å². The Kier molecular flexibility index (Phi) is 3.79. The second kappa shape index (κ2) is 5.33. The molecule has 0 spiro atoms. The zero-order chi connectivity index (χ0) is 13.1. The van der Waals surface area contributed by atoms with Crippen LogP contribution >= 0.6 is 0 Å². The number of rotatable bonds is 3. The molecule has 18 heavy (non-hydrogen) atoms. The highest BCUT2D eigenvalue weighted by Gasteiger charge is 2.26. The molecule has 0 aromatic heterocycles. The van der Waals surface area contributed by atoms with E-state index in [9.17, 15) is 14.5 Å². The van der Waals surface area contributed by atoms with Crippen LogP contribution in [-0.2, 0) is 0 Å². The molecule has 2 rings (SSSR count). The zero-order valence-electron chi connectivity index (χ0n) is 10.3. The predicted octanol–water partition coefficient (Wildman–Crippen LogP) is 3.69. The van der Waals surface area contributed by atoms with E-state index < -0.39 is 10.7 Å². The van der Waals surface area contributed by atoms with Gasteiger partial charge in [0.25, 0.3) is 0 Å². The van der Waals surface area contributed by atoms with Gasteiger partial charge in [0.15, 0.2) is 5.75 Å².